The van der Waals surface area contributed by atoms with Gasteiger partial charge in [-0.15, -0.1) is 22.9 Å². The Bertz CT molecular complexity index is 473. The van der Waals surface area contributed by atoms with Gasteiger partial charge in [-0.2, -0.15) is 0 Å². The van der Waals surface area contributed by atoms with E-state index < -0.39 is 22.8 Å². The molecule has 0 bridgehead atoms. The molecule has 84 valence electrons. The number of thiophene rings is 1. The minimum Gasteiger partial charge on any atom is -0.207 e. The second-order valence-electron chi connectivity index (χ2n) is 3.16. The molecule has 1 heterocycles. The molecule has 0 N–H and O–H groups in total. The van der Waals surface area contributed by atoms with Crippen LogP contribution in [0.25, 0.3) is 0 Å². The molecule has 5 heteroatoms. The Morgan fingerprint density at radius 2 is 1.75 bits per heavy atom. The largest absolute Gasteiger partial charge is 0.207 e. The van der Waals surface area contributed by atoms with Gasteiger partial charge >= 0.3 is 0 Å². The predicted molar refractivity (Wildman–Crippen MR) is 58.3 cm³/mol. The van der Waals surface area contributed by atoms with E-state index in [1.165, 1.54) is 11.3 Å². The van der Waals surface area contributed by atoms with Gasteiger partial charge in [0.25, 0.3) is 0 Å². The molecule has 0 nitrogen and oxygen atoms in total. The van der Waals surface area contributed by atoms with Crippen LogP contribution in [0.5, 0.6) is 0 Å². The van der Waals surface area contributed by atoms with Crippen LogP contribution in [0.15, 0.2) is 29.6 Å². The number of alkyl halides is 1. The van der Waals surface area contributed by atoms with Crippen LogP contribution >= 0.6 is 22.9 Å². The third-order valence-electron chi connectivity index (χ3n) is 2.09. The zero-order chi connectivity index (χ0) is 11.7. The first-order valence-corrected chi connectivity index (χ1v) is 5.73. The summed E-state index contributed by atoms with van der Waals surface area (Å²) in [6, 6.07) is 4.65. The minimum absolute atomic E-state index is 0.314. The van der Waals surface area contributed by atoms with Gasteiger partial charge in [-0.05, 0) is 11.4 Å². The Morgan fingerprint density at radius 3 is 2.25 bits per heavy atom. The van der Waals surface area contributed by atoms with Crippen molar-refractivity contribution < 1.29 is 13.2 Å². The normalized spacial score (nSPS) is 12.8. The van der Waals surface area contributed by atoms with Crippen molar-refractivity contribution in [3.05, 3.63) is 57.5 Å². The third kappa shape index (κ3) is 2.08. The van der Waals surface area contributed by atoms with Crippen LogP contribution < -0.4 is 0 Å². The summed E-state index contributed by atoms with van der Waals surface area (Å²) in [5, 5.41) is 0.824. The highest BCUT2D eigenvalue weighted by Crippen LogP contribution is 2.35. The van der Waals surface area contributed by atoms with Gasteiger partial charge in [-0.3, -0.25) is 0 Å². The average Bonchev–Trinajstić information content (AvgIpc) is 2.67. The van der Waals surface area contributed by atoms with Gasteiger partial charge in [0, 0.05) is 22.6 Å². The highest BCUT2D eigenvalue weighted by Gasteiger charge is 2.21. The van der Waals surface area contributed by atoms with Crippen molar-refractivity contribution in [2.24, 2.45) is 0 Å². The summed E-state index contributed by atoms with van der Waals surface area (Å²) >= 11 is 7.23. The first-order chi connectivity index (χ1) is 7.59. The molecule has 0 saturated carbocycles. The molecule has 1 unspecified atom stereocenters. The van der Waals surface area contributed by atoms with E-state index >= 15 is 0 Å². The van der Waals surface area contributed by atoms with Gasteiger partial charge in [-0.1, -0.05) is 6.07 Å². The number of benzene rings is 1. The summed E-state index contributed by atoms with van der Waals surface area (Å²) in [6.45, 7) is 0. The molecule has 2 rings (SSSR count). The average molecular weight is 263 g/mol. The zero-order valence-electron chi connectivity index (χ0n) is 7.88. The minimum atomic E-state index is -0.967. The van der Waals surface area contributed by atoms with Crippen molar-refractivity contribution in [1.82, 2.24) is 0 Å². The fourth-order valence-electron chi connectivity index (χ4n) is 1.37. The SMILES string of the molecule is Fc1cc(F)c(C(Cl)c2cccs2)c(F)c1. The molecular formula is C11H6ClF3S. The third-order valence-corrected chi connectivity index (χ3v) is 3.61. The van der Waals surface area contributed by atoms with Crippen LogP contribution in [-0.4, -0.2) is 0 Å². The standard InChI is InChI=1S/C11H6ClF3S/c12-11(9-2-1-3-16-9)10-7(14)4-6(13)5-8(10)15/h1-5,11H. The molecule has 0 aliphatic heterocycles. The van der Waals surface area contributed by atoms with Gasteiger partial charge in [0.1, 0.15) is 17.5 Å². The molecule has 1 atom stereocenters. The molecule has 1 aromatic carbocycles. The summed E-state index contributed by atoms with van der Waals surface area (Å²) in [7, 11) is 0. The molecular weight excluding hydrogens is 257 g/mol. The molecule has 0 aliphatic carbocycles. The van der Waals surface area contributed by atoms with Crippen molar-refractivity contribution in [2.75, 3.05) is 0 Å². The second kappa shape index (κ2) is 4.47. The topological polar surface area (TPSA) is 0 Å². The molecule has 0 saturated heterocycles. The van der Waals surface area contributed by atoms with E-state index in [1.54, 1.807) is 17.5 Å². The fraction of sp³-hybridized carbons (Fsp3) is 0.0909. The molecule has 2 aromatic rings. The summed E-state index contributed by atoms with van der Waals surface area (Å²) in [5.74, 6) is -2.88. The molecule has 0 spiro atoms. The van der Waals surface area contributed by atoms with E-state index in [0.29, 0.717) is 17.0 Å². The maximum Gasteiger partial charge on any atom is 0.134 e. The quantitative estimate of drug-likeness (QED) is 0.700. The zero-order valence-corrected chi connectivity index (χ0v) is 9.46. The smallest absolute Gasteiger partial charge is 0.134 e. The first-order valence-electron chi connectivity index (χ1n) is 4.41. The molecule has 0 amide bonds. The molecule has 16 heavy (non-hydrogen) atoms. The number of halogens is 4. The van der Waals surface area contributed by atoms with Gasteiger partial charge in [0.15, 0.2) is 0 Å². The number of rotatable bonds is 2. The van der Waals surface area contributed by atoms with Crippen molar-refractivity contribution in [2.45, 2.75) is 5.38 Å². The Balaban J connectivity index is 2.48. The number of hydrogen-bond donors (Lipinski definition) is 0. The van der Waals surface area contributed by atoms with Gasteiger partial charge in [0.2, 0.25) is 0 Å². The fourth-order valence-corrected chi connectivity index (χ4v) is 2.52. The van der Waals surface area contributed by atoms with E-state index in [-0.39, 0.29) is 5.56 Å². The van der Waals surface area contributed by atoms with Crippen LogP contribution in [-0.2, 0) is 0 Å². The van der Waals surface area contributed by atoms with E-state index in [9.17, 15) is 13.2 Å². The summed E-state index contributed by atoms with van der Waals surface area (Å²) in [5.41, 5.74) is -0.314. The maximum absolute atomic E-state index is 13.4. The lowest BCUT2D eigenvalue weighted by Crippen LogP contribution is -2.00. The molecule has 0 radical (unpaired) electrons. The van der Waals surface area contributed by atoms with Gasteiger partial charge < -0.3 is 0 Å². The van der Waals surface area contributed by atoms with E-state index in [2.05, 4.69) is 0 Å². The van der Waals surface area contributed by atoms with Crippen molar-refractivity contribution in [3.63, 3.8) is 0 Å². The Morgan fingerprint density at radius 1 is 1.12 bits per heavy atom. The molecule has 1 aromatic heterocycles. The Labute approximate surface area is 99.3 Å². The van der Waals surface area contributed by atoms with E-state index in [1.807, 2.05) is 0 Å². The number of hydrogen-bond acceptors (Lipinski definition) is 1. The lowest BCUT2D eigenvalue weighted by Gasteiger charge is -2.10. The molecule has 0 aliphatic rings. The summed E-state index contributed by atoms with van der Waals surface area (Å²) in [4.78, 5) is 0.617. The van der Waals surface area contributed by atoms with E-state index in [0.717, 1.165) is 0 Å². The van der Waals surface area contributed by atoms with Crippen LogP contribution in [0.4, 0.5) is 13.2 Å². The highest BCUT2D eigenvalue weighted by atomic mass is 35.5. The van der Waals surface area contributed by atoms with Gasteiger partial charge in [0.05, 0.1) is 5.38 Å². The lowest BCUT2D eigenvalue weighted by molar-refractivity contribution is 0.526. The van der Waals surface area contributed by atoms with Crippen LogP contribution in [0.3, 0.4) is 0 Å². The highest BCUT2D eigenvalue weighted by molar-refractivity contribution is 7.10. The van der Waals surface area contributed by atoms with Gasteiger partial charge in [-0.25, -0.2) is 13.2 Å². The van der Waals surface area contributed by atoms with Crippen LogP contribution in [0.1, 0.15) is 15.8 Å². The van der Waals surface area contributed by atoms with Crippen molar-refractivity contribution >= 4 is 22.9 Å². The monoisotopic (exact) mass is 262 g/mol. The Kier molecular flexibility index (Phi) is 3.21. The van der Waals surface area contributed by atoms with Crippen molar-refractivity contribution in [3.8, 4) is 0 Å². The lowest BCUT2D eigenvalue weighted by atomic mass is 10.1. The summed E-state index contributed by atoms with van der Waals surface area (Å²) < 4.78 is 39.5. The Hall–Kier alpha value is -1.00. The summed E-state index contributed by atoms with van der Waals surface area (Å²) in [6.07, 6.45) is 0. The second-order valence-corrected chi connectivity index (χ2v) is 4.58. The predicted octanol–water partition coefficient (Wildman–Crippen LogP) is 4.49. The van der Waals surface area contributed by atoms with Crippen LogP contribution in [0.2, 0.25) is 0 Å². The van der Waals surface area contributed by atoms with Crippen LogP contribution in [0, 0.1) is 17.5 Å². The molecule has 0 fully saturated rings. The first kappa shape index (κ1) is 11.5. The van der Waals surface area contributed by atoms with E-state index in [4.69, 9.17) is 11.6 Å². The van der Waals surface area contributed by atoms with Crippen molar-refractivity contribution in [1.29, 1.82) is 0 Å². The maximum atomic E-state index is 13.4.